The summed E-state index contributed by atoms with van der Waals surface area (Å²) >= 11 is 0. The van der Waals surface area contributed by atoms with Crippen LogP contribution in [-0.2, 0) is 16.1 Å². The molecule has 0 bridgehead atoms. The molecule has 0 radical (unpaired) electrons. The lowest BCUT2D eigenvalue weighted by Gasteiger charge is -2.25. The minimum Gasteiger partial charge on any atom is -0.507 e. The highest BCUT2D eigenvalue weighted by molar-refractivity contribution is 6.46. The molecule has 1 fully saturated rings. The van der Waals surface area contributed by atoms with Crippen molar-refractivity contribution in [3.8, 4) is 11.5 Å². The molecule has 0 spiro atoms. The number of amides is 1. The second-order valence-electron chi connectivity index (χ2n) is 7.30. The van der Waals surface area contributed by atoms with E-state index in [9.17, 15) is 19.8 Å². The fourth-order valence-corrected chi connectivity index (χ4v) is 3.69. The van der Waals surface area contributed by atoms with Crippen LogP contribution in [0.5, 0.6) is 11.5 Å². The molecule has 1 amide bonds. The molecule has 0 saturated carbocycles. The van der Waals surface area contributed by atoms with Crippen molar-refractivity contribution in [2.45, 2.75) is 19.5 Å². The average Bonchev–Trinajstić information content (AvgIpc) is 3.37. The van der Waals surface area contributed by atoms with Crippen LogP contribution < -0.4 is 4.74 Å². The molecular weight excluding hydrogens is 398 g/mol. The molecule has 7 nitrogen and oxygen atoms in total. The first kappa shape index (κ1) is 20.3. The zero-order valence-electron chi connectivity index (χ0n) is 17.0. The lowest BCUT2D eigenvalue weighted by molar-refractivity contribution is -0.140. The molecule has 1 aliphatic heterocycles. The number of methoxy groups -OCH3 is 1. The van der Waals surface area contributed by atoms with Crippen LogP contribution in [0.3, 0.4) is 0 Å². The van der Waals surface area contributed by atoms with Gasteiger partial charge in [0.15, 0.2) is 11.5 Å². The molecule has 1 saturated heterocycles. The molecule has 2 aromatic carbocycles. The van der Waals surface area contributed by atoms with E-state index < -0.39 is 17.7 Å². The van der Waals surface area contributed by atoms with E-state index in [-0.39, 0.29) is 29.4 Å². The van der Waals surface area contributed by atoms with Crippen LogP contribution in [0.4, 0.5) is 0 Å². The van der Waals surface area contributed by atoms with Crippen molar-refractivity contribution < 1.29 is 29.0 Å². The van der Waals surface area contributed by atoms with Crippen molar-refractivity contribution in [3.63, 3.8) is 0 Å². The molecule has 2 heterocycles. The maximum atomic E-state index is 13.0. The number of aromatic hydroxyl groups is 1. The number of hydrogen-bond acceptors (Lipinski definition) is 6. The van der Waals surface area contributed by atoms with E-state index >= 15 is 0 Å². The van der Waals surface area contributed by atoms with Gasteiger partial charge in [-0.1, -0.05) is 35.9 Å². The number of phenols is 1. The third-order valence-electron chi connectivity index (χ3n) is 5.29. The highest BCUT2D eigenvalue weighted by Crippen LogP contribution is 2.42. The van der Waals surface area contributed by atoms with Crippen molar-refractivity contribution in [3.05, 3.63) is 88.9 Å². The van der Waals surface area contributed by atoms with Gasteiger partial charge < -0.3 is 24.3 Å². The molecule has 4 rings (SSSR count). The number of carbonyl (C=O) groups excluding carboxylic acids is 2. The SMILES string of the molecule is COc1cc(C2/C(=C(\O)c3ccc(C)cc3)C(=O)C(=O)N2Cc2ccco2)ccc1O. The number of ether oxygens (including phenoxy) is 1. The summed E-state index contributed by atoms with van der Waals surface area (Å²) in [4.78, 5) is 27.3. The minimum absolute atomic E-state index is 0.0341. The van der Waals surface area contributed by atoms with Crippen LogP contribution in [0.15, 0.2) is 70.9 Å². The highest BCUT2D eigenvalue weighted by atomic mass is 16.5. The quantitative estimate of drug-likeness (QED) is 0.369. The third kappa shape index (κ3) is 3.66. The van der Waals surface area contributed by atoms with Gasteiger partial charge in [-0.3, -0.25) is 9.59 Å². The van der Waals surface area contributed by atoms with Crippen LogP contribution >= 0.6 is 0 Å². The van der Waals surface area contributed by atoms with E-state index in [4.69, 9.17) is 9.15 Å². The topological polar surface area (TPSA) is 100 Å². The van der Waals surface area contributed by atoms with Crippen molar-refractivity contribution in [1.82, 2.24) is 4.90 Å². The molecule has 1 aliphatic rings. The molecule has 1 aromatic heterocycles. The fraction of sp³-hybridized carbons (Fsp3) is 0.167. The summed E-state index contributed by atoms with van der Waals surface area (Å²) in [5.74, 6) is -1.20. The molecule has 158 valence electrons. The van der Waals surface area contributed by atoms with E-state index in [0.29, 0.717) is 16.9 Å². The number of phenolic OH excluding ortho intramolecular Hbond substituents is 1. The normalized spacial score (nSPS) is 17.9. The van der Waals surface area contributed by atoms with E-state index in [1.807, 2.05) is 19.1 Å². The van der Waals surface area contributed by atoms with Gasteiger partial charge in [0.25, 0.3) is 11.7 Å². The van der Waals surface area contributed by atoms with Gasteiger partial charge in [0.2, 0.25) is 0 Å². The Morgan fingerprint density at radius 2 is 1.87 bits per heavy atom. The zero-order valence-corrected chi connectivity index (χ0v) is 17.0. The number of furan rings is 1. The van der Waals surface area contributed by atoms with Gasteiger partial charge >= 0.3 is 0 Å². The van der Waals surface area contributed by atoms with Gasteiger partial charge in [-0.05, 0) is 36.8 Å². The lowest BCUT2D eigenvalue weighted by atomic mass is 9.94. The smallest absolute Gasteiger partial charge is 0.296 e. The number of likely N-dealkylation sites (tertiary alicyclic amines) is 1. The van der Waals surface area contributed by atoms with Gasteiger partial charge in [-0.15, -0.1) is 0 Å². The van der Waals surface area contributed by atoms with E-state index in [2.05, 4.69) is 0 Å². The van der Waals surface area contributed by atoms with Crippen molar-refractivity contribution >= 4 is 17.4 Å². The number of aryl methyl sites for hydroxylation is 1. The van der Waals surface area contributed by atoms with Crippen molar-refractivity contribution in [2.24, 2.45) is 0 Å². The highest BCUT2D eigenvalue weighted by Gasteiger charge is 2.46. The fourth-order valence-electron chi connectivity index (χ4n) is 3.69. The summed E-state index contributed by atoms with van der Waals surface area (Å²) < 4.78 is 10.6. The number of benzene rings is 2. The van der Waals surface area contributed by atoms with Gasteiger partial charge in [-0.2, -0.15) is 0 Å². The molecular formula is C24H21NO6. The third-order valence-corrected chi connectivity index (χ3v) is 5.29. The second-order valence-corrected chi connectivity index (χ2v) is 7.30. The minimum atomic E-state index is -0.888. The molecule has 7 heteroatoms. The summed E-state index contributed by atoms with van der Waals surface area (Å²) in [5.41, 5.74) is 1.90. The molecule has 1 atom stereocenters. The molecule has 3 aromatic rings. The Hall–Kier alpha value is -4.00. The number of nitrogens with zero attached hydrogens (tertiary/aromatic N) is 1. The number of aliphatic hydroxyl groups excluding tert-OH is 1. The first-order chi connectivity index (χ1) is 14.9. The molecule has 0 aliphatic carbocycles. The van der Waals surface area contributed by atoms with E-state index in [0.717, 1.165) is 5.56 Å². The Morgan fingerprint density at radius 3 is 2.52 bits per heavy atom. The number of Topliss-reactive ketones (excluding diaryl/α,β-unsaturated/α-hetero) is 1. The number of aliphatic hydroxyl groups is 1. The summed E-state index contributed by atoms with van der Waals surface area (Å²) in [6.45, 7) is 1.95. The lowest BCUT2D eigenvalue weighted by Crippen LogP contribution is -2.29. The van der Waals surface area contributed by atoms with Gasteiger partial charge in [0, 0.05) is 5.56 Å². The average molecular weight is 419 g/mol. The molecule has 2 N–H and O–H groups in total. The second kappa shape index (κ2) is 8.02. The maximum absolute atomic E-state index is 13.0. The monoisotopic (exact) mass is 419 g/mol. The van der Waals surface area contributed by atoms with Crippen LogP contribution in [0.1, 0.15) is 28.5 Å². The first-order valence-electron chi connectivity index (χ1n) is 9.65. The van der Waals surface area contributed by atoms with Crippen molar-refractivity contribution in [1.29, 1.82) is 0 Å². The largest absolute Gasteiger partial charge is 0.507 e. The van der Waals surface area contributed by atoms with Crippen LogP contribution in [0, 0.1) is 6.92 Å². The Kier molecular flexibility index (Phi) is 5.25. The van der Waals surface area contributed by atoms with E-state index in [1.165, 1.54) is 24.3 Å². The Balaban J connectivity index is 1.89. The Labute approximate surface area is 178 Å². The Bertz CT molecular complexity index is 1160. The summed E-state index contributed by atoms with van der Waals surface area (Å²) in [6, 6.07) is 14.1. The Morgan fingerprint density at radius 1 is 1.13 bits per heavy atom. The molecule has 31 heavy (non-hydrogen) atoms. The van der Waals surface area contributed by atoms with E-state index in [1.54, 1.807) is 36.4 Å². The van der Waals surface area contributed by atoms with Crippen molar-refractivity contribution in [2.75, 3.05) is 7.11 Å². The summed E-state index contributed by atoms with van der Waals surface area (Å²) in [7, 11) is 1.41. The van der Waals surface area contributed by atoms with Crippen LogP contribution in [0.2, 0.25) is 0 Å². The van der Waals surface area contributed by atoms with Gasteiger partial charge in [0.1, 0.15) is 11.5 Å². The van der Waals surface area contributed by atoms with Crippen LogP contribution in [0.25, 0.3) is 5.76 Å². The van der Waals surface area contributed by atoms with Gasteiger partial charge in [-0.25, -0.2) is 0 Å². The number of carbonyl (C=O) groups is 2. The standard InChI is InChI=1S/C24H21NO6/c1-14-5-7-15(8-6-14)22(27)20-21(16-9-10-18(26)19(12-16)30-2)25(24(29)23(20)28)13-17-4-3-11-31-17/h3-12,21,26-27H,13H2,1-2H3/b22-20+. The predicted octanol–water partition coefficient (Wildman–Crippen LogP) is 3.92. The predicted molar refractivity (Wildman–Crippen MR) is 112 cm³/mol. The molecule has 1 unspecified atom stereocenters. The van der Waals surface area contributed by atoms with Crippen LogP contribution in [-0.4, -0.2) is 33.9 Å². The maximum Gasteiger partial charge on any atom is 0.296 e. The number of hydrogen-bond donors (Lipinski definition) is 2. The number of ketones is 1. The van der Waals surface area contributed by atoms with Gasteiger partial charge in [0.05, 0.1) is 31.5 Å². The zero-order chi connectivity index (χ0) is 22.1. The summed E-state index contributed by atoms with van der Waals surface area (Å²) in [6.07, 6.45) is 1.48. The summed E-state index contributed by atoms with van der Waals surface area (Å²) in [5, 5.41) is 21.0. The first-order valence-corrected chi connectivity index (χ1v) is 9.65. The number of rotatable bonds is 5.